The summed E-state index contributed by atoms with van der Waals surface area (Å²) in [6.45, 7) is 0. The number of benzene rings is 3. The van der Waals surface area contributed by atoms with E-state index in [2.05, 4.69) is 17.4 Å². The van der Waals surface area contributed by atoms with Crippen LogP contribution in [0, 0.1) is 0 Å². The van der Waals surface area contributed by atoms with Crippen LogP contribution in [0.25, 0.3) is 21.8 Å². The fourth-order valence-corrected chi connectivity index (χ4v) is 2.70. The number of aromatic nitrogens is 1. The molecule has 3 nitrogen and oxygen atoms in total. The molecule has 0 unspecified atom stereocenters. The van der Waals surface area contributed by atoms with Crippen molar-refractivity contribution in [1.29, 1.82) is 0 Å². The Labute approximate surface area is 140 Å². The highest BCUT2D eigenvalue weighted by molar-refractivity contribution is 6.08. The zero-order chi connectivity index (χ0) is 14.9. The van der Waals surface area contributed by atoms with Gasteiger partial charge in [0.25, 0.3) is 0 Å². The van der Waals surface area contributed by atoms with Gasteiger partial charge in [0.2, 0.25) is 0 Å². The van der Waals surface area contributed by atoms with Gasteiger partial charge in [-0.25, -0.2) is 4.98 Å². The molecule has 0 aliphatic heterocycles. The molecule has 1 heterocycles. The zero-order valence-electron chi connectivity index (χ0n) is 12.2. The number of hydrogen-bond acceptors (Lipinski definition) is 3. The normalized spacial score (nSPS) is 10.4. The lowest BCUT2D eigenvalue weighted by molar-refractivity contribution is 0.475. The van der Waals surface area contributed by atoms with Gasteiger partial charge in [-0.3, -0.25) is 0 Å². The molecule has 0 aliphatic carbocycles. The van der Waals surface area contributed by atoms with Crippen LogP contribution in [0.15, 0.2) is 72.8 Å². The Balaban J connectivity index is 0.00000156. The molecule has 114 valence electrons. The number of para-hydroxylation sites is 2. The fraction of sp³-hybridized carbons (Fsp3) is 0. The van der Waals surface area contributed by atoms with E-state index in [9.17, 15) is 5.11 Å². The molecular formula is C19H15ClN2O. The van der Waals surface area contributed by atoms with Gasteiger partial charge in [-0.05, 0) is 24.3 Å². The smallest absolute Gasteiger partial charge is 0.117 e. The van der Waals surface area contributed by atoms with E-state index in [4.69, 9.17) is 4.98 Å². The van der Waals surface area contributed by atoms with Crippen molar-refractivity contribution < 1.29 is 5.11 Å². The molecule has 2 N–H and O–H groups in total. The summed E-state index contributed by atoms with van der Waals surface area (Å²) < 4.78 is 0. The van der Waals surface area contributed by atoms with Gasteiger partial charge in [0.15, 0.2) is 0 Å². The van der Waals surface area contributed by atoms with Crippen LogP contribution in [-0.2, 0) is 0 Å². The summed E-state index contributed by atoms with van der Waals surface area (Å²) >= 11 is 0. The highest BCUT2D eigenvalue weighted by Gasteiger charge is 2.08. The van der Waals surface area contributed by atoms with E-state index < -0.39 is 0 Å². The molecule has 23 heavy (non-hydrogen) atoms. The molecule has 0 bridgehead atoms. The molecule has 4 aromatic rings. The van der Waals surface area contributed by atoms with Crippen molar-refractivity contribution in [2.24, 2.45) is 0 Å². The van der Waals surface area contributed by atoms with Crippen LogP contribution in [0.1, 0.15) is 0 Å². The summed E-state index contributed by atoms with van der Waals surface area (Å²) in [4.78, 5) is 4.71. The maximum atomic E-state index is 9.67. The third kappa shape index (κ3) is 2.79. The van der Waals surface area contributed by atoms with Crippen LogP contribution >= 0.6 is 12.4 Å². The van der Waals surface area contributed by atoms with E-state index in [1.54, 1.807) is 12.1 Å². The van der Waals surface area contributed by atoms with E-state index >= 15 is 0 Å². The first-order valence-corrected chi connectivity index (χ1v) is 7.15. The van der Waals surface area contributed by atoms with Crippen molar-refractivity contribution in [3.05, 3.63) is 72.8 Å². The summed E-state index contributed by atoms with van der Waals surface area (Å²) in [6, 6.07) is 23.2. The summed E-state index contributed by atoms with van der Waals surface area (Å²) in [5, 5.41) is 15.2. The first-order valence-electron chi connectivity index (χ1n) is 7.15. The Morgan fingerprint density at radius 3 is 1.96 bits per heavy atom. The Morgan fingerprint density at radius 2 is 1.35 bits per heavy atom. The van der Waals surface area contributed by atoms with Gasteiger partial charge < -0.3 is 10.4 Å². The lowest BCUT2D eigenvalue weighted by atomic mass is 10.1. The number of phenols is 1. The number of rotatable bonds is 2. The predicted octanol–water partition coefficient (Wildman–Crippen LogP) is 5.26. The molecule has 1 aromatic heterocycles. The maximum Gasteiger partial charge on any atom is 0.117 e. The summed E-state index contributed by atoms with van der Waals surface area (Å²) in [5.74, 6) is 0.243. The van der Waals surface area contributed by atoms with Crippen LogP contribution in [0.4, 0.5) is 11.4 Å². The molecule has 4 heteroatoms. The number of fused-ring (bicyclic) bond motifs is 2. The molecule has 0 saturated heterocycles. The molecule has 0 atom stereocenters. The van der Waals surface area contributed by atoms with E-state index in [1.807, 2.05) is 48.5 Å². The number of halogens is 1. The van der Waals surface area contributed by atoms with Gasteiger partial charge in [-0.1, -0.05) is 42.5 Å². The minimum Gasteiger partial charge on any atom is -0.508 e. The minimum atomic E-state index is 0. The second-order valence-electron chi connectivity index (χ2n) is 5.20. The minimum absolute atomic E-state index is 0. The van der Waals surface area contributed by atoms with Crippen molar-refractivity contribution in [3.8, 4) is 5.75 Å². The molecule has 0 saturated carbocycles. The Hall–Kier alpha value is -2.78. The third-order valence-electron chi connectivity index (χ3n) is 3.70. The molecule has 0 amide bonds. The number of nitrogens with one attached hydrogen (secondary N) is 1. The van der Waals surface area contributed by atoms with E-state index in [1.165, 1.54) is 0 Å². The monoisotopic (exact) mass is 322 g/mol. The standard InChI is InChI=1S/C19H14N2O.ClH/c22-14-7-5-6-13(12-14)20-19-15-8-1-3-10-17(15)21-18-11-4-2-9-16(18)19;/h1-12,22H,(H,20,21);1H. The Bertz CT molecular complexity index is 931. The zero-order valence-corrected chi connectivity index (χ0v) is 13.0. The lowest BCUT2D eigenvalue weighted by Gasteiger charge is -2.13. The van der Waals surface area contributed by atoms with Crippen molar-refractivity contribution in [2.75, 3.05) is 5.32 Å². The molecule has 0 radical (unpaired) electrons. The van der Waals surface area contributed by atoms with Crippen molar-refractivity contribution in [2.45, 2.75) is 0 Å². The van der Waals surface area contributed by atoms with Crippen LogP contribution in [0.2, 0.25) is 0 Å². The van der Waals surface area contributed by atoms with E-state index in [0.29, 0.717) is 0 Å². The maximum absolute atomic E-state index is 9.67. The van der Waals surface area contributed by atoms with Gasteiger partial charge in [0, 0.05) is 22.5 Å². The molecule has 0 aliphatic rings. The van der Waals surface area contributed by atoms with Gasteiger partial charge in [0.05, 0.1) is 16.7 Å². The largest absolute Gasteiger partial charge is 0.508 e. The molecule has 4 rings (SSSR count). The first kappa shape index (κ1) is 15.1. The number of hydrogen-bond donors (Lipinski definition) is 2. The van der Waals surface area contributed by atoms with E-state index in [-0.39, 0.29) is 18.2 Å². The number of nitrogens with zero attached hydrogens (tertiary/aromatic N) is 1. The van der Waals surface area contributed by atoms with Crippen molar-refractivity contribution in [3.63, 3.8) is 0 Å². The van der Waals surface area contributed by atoms with Crippen molar-refractivity contribution >= 4 is 45.6 Å². The van der Waals surface area contributed by atoms with Gasteiger partial charge >= 0.3 is 0 Å². The number of anilines is 2. The van der Waals surface area contributed by atoms with Gasteiger partial charge in [0.1, 0.15) is 5.75 Å². The van der Waals surface area contributed by atoms with Gasteiger partial charge in [-0.2, -0.15) is 0 Å². The van der Waals surface area contributed by atoms with Crippen molar-refractivity contribution in [1.82, 2.24) is 4.98 Å². The average molecular weight is 323 g/mol. The Kier molecular flexibility index (Phi) is 4.04. The molecule has 3 aromatic carbocycles. The predicted molar refractivity (Wildman–Crippen MR) is 97.9 cm³/mol. The summed E-state index contributed by atoms with van der Waals surface area (Å²) in [6.07, 6.45) is 0. The van der Waals surface area contributed by atoms with Crippen LogP contribution in [0.3, 0.4) is 0 Å². The highest BCUT2D eigenvalue weighted by Crippen LogP contribution is 2.33. The van der Waals surface area contributed by atoms with Crippen LogP contribution < -0.4 is 5.32 Å². The molecule has 0 spiro atoms. The quantitative estimate of drug-likeness (QED) is 0.495. The number of aromatic hydroxyl groups is 1. The first-order chi connectivity index (χ1) is 10.8. The lowest BCUT2D eigenvalue weighted by Crippen LogP contribution is -1.95. The summed E-state index contributed by atoms with van der Waals surface area (Å²) in [5.41, 5.74) is 3.75. The fourth-order valence-electron chi connectivity index (χ4n) is 2.70. The molecular weight excluding hydrogens is 308 g/mol. The number of pyridine rings is 1. The highest BCUT2D eigenvalue weighted by atomic mass is 35.5. The van der Waals surface area contributed by atoms with Crippen LogP contribution in [0.5, 0.6) is 5.75 Å². The second kappa shape index (κ2) is 6.15. The molecule has 0 fully saturated rings. The van der Waals surface area contributed by atoms with E-state index in [0.717, 1.165) is 33.2 Å². The van der Waals surface area contributed by atoms with Gasteiger partial charge in [-0.15, -0.1) is 12.4 Å². The average Bonchev–Trinajstić information content (AvgIpc) is 2.55. The topological polar surface area (TPSA) is 45.1 Å². The van der Waals surface area contributed by atoms with Crippen LogP contribution in [-0.4, -0.2) is 10.1 Å². The summed E-state index contributed by atoms with van der Waals surface area (Å²) in [7, 11) is 0. The number of phenolic OH excluding ortho intramolecular Hbond substituents is 1. The SMILES string of the molecule is Cl.Oc1cccc(Nc2c3ccccc3nc3ccccc23)c1. The Morgan fingerprint density at radius 1 is 0.739 bits per heavy atom. The second-order valence-corrected chi connectivity index (χ2v) is 5.20. The third-order valence-corrected chi connectivity index (χ3v) is 3.70.